The summed E-state index contributed by atoms with van der Waals surface area (Å²) in [5, 5.41) is 12.5. The van der Waals surface area contributed by atoms with Crippen LogP contribution in [0.1, 0.15) is 32.1 Å². The molecule has 0 radical (unpaired) electrons. The molecule has 7 heteroatoms. The van der Waals surface area contributed by atoms with E-state index in [4.69, 9.17) is 0 Å². The van der Waals surface area contributed by atoms with E-state index in [2.05, 4.69) is 17.3 Å². The third kappa shape index (κ3) is 5.91. The number of carbonyl (C=O) groups excluding carboxylic acids is 1. The van der Waals surface area contributed by atoms with Gasteiger partial charge < -0.3 is 20.2 Å². The summed E-state index contributed by atoms with van der Waals surface area (Å²) >= 11 is 0. The van der Waals surface area contributed by atoms with Gasteiger partial charge in [0.15, 0.2) is 0 Å². The highest BCUT2D eigenvalue weighted by Crippen LogP contribution is 2.18. The molecular formula is C14H29Cl2N3O2. The van der Waals surface area contributed by atoms with Crippen molar-refractivity contribution < 1.29 is 9.90 Å². The van der Waals surface area contributed by atoms with Gasteiger partial charge >= 0.3 is 0 Å². The van der Waals surface area contributed by atoms with Gasteiger partial charge in [-0.25, -0.2) is 0 Å². The molecule has 126 valence electrons. The highest BCUT2D eigenvalue weighted by Gasteiger charge is 2.30. The minimum atomic E-state index is -0.369. The van der Waals surface area contributed by atoms with Gasteiger partial charge in [-0.2, -0.15) is 0 Å². The predicted octanol–water partition coefficient (Wildman–Crippen LogP) is 0.886. The van der Waals surface area contributed by atoms with Gasteiger partial charge in [0.05, 0.1) is 12.1 Å². The van der Waals surface area contributed by atoms with Crippen LogP contribution in [-0.4, -0.2) is 72.7 Å². The number of piperidine rings is 1. The molecule has 3 unspecified atom stereocenters. The van der Waals surface area contributed by atoms with Crippen LogP contribution in [-0.2, 0) is 4.79 Å². The zero-order valence-electron chi connectivity index (χ0n) is 13.0. The summed E-state index contributed by atoms with van der Waals surface area (Å²) in [6, 6.07) is 0.426. The minimum Gasteiger partial charge on any atom is -0.392 e. The van der Waals surface area contributed by atoms with Crippen LogP contribution in [0.3, 0.4) is 0 Å². The van der Waals surface area contributed by atoms with Crippen LogP contribution in [0.2, 0.25) is 0 Å². The van der Waals surface area contributed by atoms with Crippen LogP contribution in [0.4, 0.5) is 0 Å². The summed E-state index contributed by atoms with van der Waals surface area (Å²) in [6.07, 6.45) is 5.08. The van der Waals surface area contributed by atoms with Crippen LogP contribution in [0.5, 0.6) is 0 Å². The number of amides is 1. The second-order valence-corrected chi connectivity index (χ2v) is 6.03. The van der Waals surface area contributed by atoms with E-state index < -0.39 is 0 Å². The Kier molecular flexibility index (Phi) is 9.81. The Morgan fingerprint density at radius 3 is 2.67 bits per heavy atom. The summed E-state index contributed by atoms with van der Waals surface area (Å²) in [7, 11) is 4.05. The van der Waals surface area contributed by atoms with Crippen LogP contribution in [0, 0.1) is 0 Å². The number of carbonyl (C=O) groups is 1. The summed E-state index contributed by atoms with van der Waals surface area (Å²) in [4.78, 5) is 16.4. The molecular weight excluding hydrogens is 313 g/mol. The van der Waals surface area contributed by atoms with Crippen molar-refractivity contribution in [2.45, 2.75) is 50.3 Å². The normalized spacial score (nSPS) is 29.4. The molecule has 2 aliphatic rings. The Morgan fingerprint density at radius 1 is 1.38 bits per heavy atom. The van der Waals surface area contributed by atoms with E-state index in [0.717, 1.165) is 13.0 Å². The highest BCUT2D eigenvalue weighted by atomic mass is 35.5. The third-order valence-corrected chi connectivity index (χ3v) is 4.50. The van der Waals surface area contributed by atoms with Crippen molar-refractivity contribution in [3.8, 4) is 0 Å². The molecule has 2 rings (SSSR count). The number of aliphatic hydroxyl groups excluding tert-OH is 1. The second kappa shape index (κ2) is 9.85. The fourth-order valence-corrected chi connectivity index (χ4v) is 3.13. The Morgan fingerprint density at radius 2 is 2.10 bits per heavy atom. The van der Waals surface area contributed by atoms with Gasteiger partial charge in [0.2, 0.25) is 5.91 Å². The molecule has 2 heterocycles. The second-order valence-electron chi connectivity index (χ2n) is 6.03. The SMILES string of the molecule is CN(CCC1CCCCN1C)C(=O)C1CC(O)CN1.Cl.Cl. The molecule has 0 spiro atoms. The number of hydrogen-bond donors (Lipinski definition) is 2. The van der Waals surface area contributed by atoms with Crippen LogP contribution in [0.25, 0.3) is 0 Å². The molecule has 5 nitrogen and oxygen atoms in total. The smallest absolute Gasteiger partial charge is 0.239 e. The summed E-state index contributed by atoms with van der Waals surface area (Å²) in [6.45, 7) is 2.52. The lowest BCUT2D eigenvalue weighted by Gasteiger charge is -2.33. The number of halogens is 2. The molecule has 1 amide bonds. The molecule has 0 aromatic carbocycles. The molecule has 0 bridgehead atoms. The number of rotatable bonds is 4. The topological polar surface area (TPSA) is 55.8 Å². The van der Waals surface area contributed by atoms with Gasteiger partial charge in [-0.3, -0.25) is 4.79 Å². The van der Waals surface area contributed by atoms with Crippen molar-refractivity contribution in [1.29, 1.82) is 0 Å². The van der Waals surface area contributed by atoms with Crippen molar-refractivity contribution in [3.05, 3.63) is 0 Å². The van der Waals surface area contributed by atoms with Gasteiger partial charge in [0.1, 0.15) is 0 Å². The summed E-state index contributed by atoms with van der Waals surface area (Å²) in [5.41, 5.74) is 0. The molecule has 0 aromatic rings. The zero-order valence-corrected chi connectivity index (χ0v) is 14.6. The molecule has 2 N–H and O–H groups in total. The van der Waals surface area contributed by atoms with E-state index in [-0.39, 0.29) is 42.9 Å². The predicted molar refractivity (Wildman–Crippen MR) is 89.4 cm³/mol. The molecule has 0 aromatic heterocycles. The summed E-state index contributed by atoms with van der Waals surface area (Å²) < 4.78 is 0. The van der Waals surface area contributed by atoms with Crippen LogP contribution >= 0.6 is 24.8 Å². The molecule has 2 saturated heterocycles. The first-order valence-electron chi connectivity index (χ1n) is 7.44. The molecule has 2 fully saturated rings. The first-order valence-corrected chi connectivity index (χ1v) is 7.44. The standard InChI is InChI=1S/C14H27N3O2.2ClH/c1-16-7-4-3-5-11(16)6-8-17(2)14(19)13-9-12(18)10-15-13;;/h11-13,15,18H,3-10H2,1-2H3;2*1H. The molecule has 21 heavy (non-hydrogen) atoms. The van der Waals surface area contributed by atoms with Crippen molar-refractivity contribution >= 4 is 30.7 Å². The van der Waals surface area contributed by atoms with E-state index in [0.29, 0.717) is 19.0 Å². The van der Waals surface area contributed by atoms with Crippen LogP contribution in [0.15, 0.2) is 0 Å². The number of nitrogens with zero attached hydrogens (tertiary/aromatic N) is 2. The lowest BCUT2D eigenvalue weighted by molar-refractivity contribution is -0.132. The summed E-state index contributed by atoms with van der Waals surface area (Å²) in [5.74, 6) is 0.120. The largest absolute Gasteiger partial charge is 0.392 e. The molecule has 3 atom stereocenters. The van der Waals surface area contributed by atoms with Crippen molar-refractivity contribution in [1.82, 2.24) is 15.1 Å². The highest BCUT2D eigenvalue weighted by molar-refractivity contribution is 5.85. The van der Waals surface area contributed by atoms with Crippen LogP contribution < -0.4 is 5.32 Å². The average molecular weight is 342 g/mol. The van der Waals surface area contributed by atoms with Crippen molar-refractivity contribution in [2.75, 3.05) is 33.7 Å². The zero-order chi connectivity index (χ0) is 13.8. The number of likely N-dealkylation sites (tertiary alicyclic amines) is 1. The van der Waals surface area contributed by atoms with Gasteiger partial charge in [-0.15, -0.1) is 24.8 Å². The number of aliphatic hydroxyl groups is 1. The van der Waals surface area contributed by atoms with Gasteiger partial charge in [0.25, 0.3) is 0 Å². The van der Waals surface area contributed by atoms with Gasteiger partial charge in [-0.1, -0.05) is 6.42 Å². The first kappa shape index (κ1) is 20.9. The Bertz CT molecular complexity index is 321. The molecule has 0 aliphatic carbocycles. The maximum absolute atomic E-state index is 12.2. The van der Waals surface area contributed by atoms with Crippen molar-refractivity contribution in [2.24, 2.45) is 0 Å². The first-order chi connectivity index (χ1) is 9.08. The molecule has 0 saturated carbocycles. The number of β-amino-alcohol motifs (C(OH)–C–C–N with tert-alkyl or cyclic N) is 1. The Hall–Kier alpha value is -0.0700. The minimum absolute atomic E-state index is 0. The lowest BCUT2D eigenvalue weighted by atomic mass is 10.00. The monoisotopic (exact) mass is 341 g/mol. The van der Waals surface area contributed by atoms with E-state index in [1.165, 1.54) is 25.8 Å². The van der Waals surface area contributed by atoms with E-state index >= 15 is 0 Å². The van der Waals surface area contributed by atoms with Gasteiger partial charge in [0, 0.05) is 26.2 Å². The lowest BCUT2D eigenvalue weighted by Crippen LogP contribution is -2.44. The maximum Gasteiger partial charge on any atom is 0.239 e. The number of nitrogens with one attached hydrogen (secondary N) is 1. The Labute approximate surface area is 140 Å². The Balaban J connectivity index is 0.00000200. The molecule has 2 aliphatic heterocycles. The fraction of sp³-hybridized carbons (Fsp3) is 0.929. The van der Waals surface area contributed by atoms with Crippen molar-refractivity contribution in [3.63, 3.8) is 0 Å². The van der Waals surface area contributed by atoms with E-state index in [1.54, 1.807) is 0 Å². The maximum atomic E-state index is 12.2. The fourth-order valence-electron chi connectivity index (χ4n) is 3.13. The average Bonchev–Trinajstić information content (AvgIpc) is 2.83. The quantitative estimate of drug-likeness (QED) is 0.797. The van der Waals surface area contributed by atoms with E-state index in [1.807, 2.05) is 11.9 Å². The number of likely N-dealkylation sites (N-methyl/N-ethyl adjacent to an activating group) is 1. The number of hydrogen-bond acceptors (Lipinski definition) is 4. The third-order valence-electron chi connectivity index (χ3n) is 4.50. The van der Waals surface area contributed by atoms with E-state index in [9.17, 15) is 9.90 Å². The van der Waals surface area contributed by atoms with Gasteiger partial charge in [-0.05, 0) is 39.3 Å².